The molecule has 2 nitrogen and oxygen atoms in total. The number of cyclic esters (lactones) is 1. The van der Waals surface area contributed by atoms with Crippen molar-refractivity contribution in [1.82, 2.24) is 0 Å². The number of rotatable bonds is 2. The molecule has 0 aliphatic carbocycles. The van der Waals surface area contributed by atoms with Crippen LogP contribution >= 0.6 is 23.2 Å². The second kappa shape index (κ2) is 5.00. The van der Waals surface area contributed by atoms with Gasteiger partial charge in [0.05, 0.1) is 10.9 Å². The predicted molar refractivity (Wildman–Crippen MR) is 79.4 cm³/mol. The summed E-state index contributed by atoms with van der Waals surface area (Å²) < 4.78 is 18.8. The molecule has 5 heteroatoms. The normalized spacial score (nSPS) is 21.8. The molecular formula is C16H11Cl2FO2. The van der Waals surface area contributed by atoms with Crippen LogP contribution in [0, 0.1) is 5.82 Å². The number of halogens is 3. The lowest BCUT2D eigenvalue weighted by atomic mass is 9.83. The molecule has 108 valence electrons. The third kappa shape index (κ3) is 2.12. The maximum atomic E-state index is 13.2. The van der Waals surface area contributed by atoms with Crippen LogP contribution in [-0.4, -0.2) is 11.3 Å². The highest BCUT2D eigenvalue weighted by Crippen LogP contribution is 2.47. The van der Waals surface area contributed by atoms with Crippen molar-refractivity contribution in [1.29, 1.82) is 0 Å². The van der Waals surface area contributed by atoms with Crippen molar-refractivity contribution in [3.8, 4) is 0 Å². The van der Waals surface area contributed by atoms with E-state index in [9.17, 15) is 9.18 Å². The first-order valence-electron chi connectivity index (χ1n) is 6.38. The largest absolute Gasteiger partial charge is 0.444 e. The van der Waals surface area contributed by atoms with Crippen LogP contribution in [0.2, 0.25) is 5.02 Å². The van der Waals surface area contributed by atoms with Crippen molar-refractivity contribution in [3.05, 3.63) is 70.0 Å². The first-order valence-corrected chi connectivity index (χ1v) is 7.20. The molecule has 0 amide bonds. The zero-order valence-electron chi connectivity index (χ0n) is 11.1. The smallest absolute Gasteiger partial charge is 0.339 e. The minimum atomic E-state index is -1.16. The van der Waals surface area contributed by atoms with Gasteiger partial charge in [0.2, 0.25) is 0 Å². The predicted octanol–water partition coefficient (Wildman–Crippen LogP) is 4.52. The Morgan fingerprint density at radius 3 is 2.48 bits per heavy atom. The van der Waals surface area contributed by atoms with Gasteiger partial charge in [0.1, 0.15) is 5.82 Å². The fraction of sp³-hybridized carbons (Fsp3) is 0.188. The van der Waals surface area contributed by atoms with Gasteiger partial charge in [0, 0.05) is 16.1 Å². The van der Waals surface area contributed by atoms with Crippen molar-refractivity contribution in [3.63, 3.8) is 0 Å². The SMILES string of the molecule is CC(Cl)C1(c2ccc(F)cc2)OC(=O)c2ccc(Cl)cc21. The Morgan fingerprint density at radius 1 is 1.19 bits per heavy atom. The number of esters is 1. The number of fused-ring (bicyclic) bond motifs is 1. The molecule has 0 N–H and O–H groups in total. The van der Waals surface area contributed by atoms with E-state index in [0.29, 0.717) is 21.7 Å². The van der Waals surface area contributed by atoms with Gasteiger partial charge in [-0.1, -0.05) is 23.7 Å². The zero-order chi connectivity index (χ0) is 15.2. The summed E-state index contributed by atoms with van der Waals surface area (Å²) in [7, 11) is 0. The van der Waals surface area contributed by atoms with Gasteiger partial charge in [-0.2, -0.15) is 0 Å². The molecule has 1 aliphatic rings. The minimum absolute atomic E-state index is 0.369. The van der Waals surface area contributed by atoms with Gasteiger partial charge in [0.15, 0.2) is 5.60 Å². The fourth-order valence-electron chi connectivity index (χ4n) is 2.69. The summed E-state index contributed by atoms with van der Waals surface area (Å²) in [5.74, 6) is -0.828. The van der Waals surface area contributed by atoms with Crippen molar-refractivity contribution in [2.75, 3.05) is 0 Å². The highest BCUT2D eigenvalue weighted by atomic mass is 35.5. The molecule has 1 aliphatic heterocycles. The van der Waals surface area contributed by atoms with Crippen LogP contribution in [0.1, 0.15) is 28.4 Å². The average molecular weight is 325 g/mol. The topological polar surface area (TPSA) is 26.3 Å². The van der Waals surface area contributed by atoms with E-state index in [-0.39, 0.29) is 5.82 Å². The summed E-state index contributed by atoms with van der Waals surface area (Å²) in [6.45, 7) is 1.73. The molecule has 2 aromatic carbocycles. The molecule has 2 aromatic rings. The monoisotopic (exact) mass is 324 g/mol. The van der Waals surface area contributed by atoms with Gasteiger partial charge in [-0.3, -0.25) is 0 Å². The molecule has 0 bridgehead atoms. The van der Waals surface area contributed by atoms with E-state index in [0.717, 1.165) is 0 Å². The molecule has 3 rings (SSSR count). The standard InChI is InChI=1S/C16H11Cl2FO2/c1-9(17)16(10-2-5-12(19)6-3-10)14-8-11(18)4-7-13(14)15(20)21-16/h2-9H,1H3. The molecule has 0 saturated heterocycles. The first kappa shape index (κ1) is 14.4. The van der Waals surface area contributed by atoms with Crippen LogP contribution in [0.15, 0.2) is 42.5 Å². The minimum Gasteiger partial charge on any atom is -0.444 e. The van der Waals surface area contributed by atoms with Crippen LogP contribution in [0.4, 0.5) is 4.39 Å². The molecule has 2 atom stereocenters. The Kier molecular flexibility index (Phi) is 3.42. The molecule has 1 heterocycles. The number of hydrogen-bond donors (Lipinski definition) is 0. The van der Waals surface area contributed by atoms with E-state index in [2.05, 4.69) is 0 Å². The highest BCUT2D eigenvalue weighted by molar-refractivity contribution is 6.31. The summed E-state index contributed by atoms with van der Waals surface area (Å²) >= 11 is 12.4. The number of carbonyl (C=O) groups is 1. The maximum Gasteiger partial charge on any atom is 0.339 e. The molecule has 0 fully saturated rings. The van der Waals surface area contributed by atoms with Gasteiger partial charge < -0.3 is 4.74 Å². The highest BCUT2D eigenvalue weighted by Gasteiger charge is 2.50. The molecule has 0 saturated carbocycles. The van der Waals surface area contributed by atoms with Gasteiger partial charge in [0.25, 0.3) is 0 Å². The Bertz CT molecular complexity index is 713. The van der Waals surface area contributed by atoms with Crippen LogP contribution in [0.5, 0.6) is 0 Å². The second-order valence-corrected chi connectivity index (χ2v) is 6.03. The molecule has 2 unspecified atom stereocenters. The molecule has 0 aromatic heterocycles. The van der Waals surface area contributed by atoms with Crippen molar-refractivity contribution >= 4 is 29.2 Å². The first-order chi connectivity index (χ1) is 9.95. The average Bonchev–Trinajstić information content (AvgIpc) is 2.73. The van der Waals surface area contributed by atoms with E-state index in [1.165, 1.54) is 12.1 Å². The Balaban J connectivity index is 2.28. The third-order valence-corrected chi connectivity index (χ3v) is 4.23. The Hall–Kier alpha value is -1.58. The van der Waals surface area contributed by atoms with E-state index in [1.54, 1.807) is 37.3 Å². The van der Waals surface area contributed by atoms with E-state index in [1.807, 2.05) is 0 Å². The van der Waals surface area contributed by atoms with Crippen molar-refractivity contribution in [2.45, 2.75) is 17.9 Å². The van der Waals surface area contributed by atoms with Crippen molar-refractivity contribution < 1.29 is 13.9 Å². The van der Waals surface area contributed by atoms with E-state index in [4.69, 9.17) is 27.9 Å². The summed E-state index contributed by atoms with van der Waals surface area (Å²) in [4.78, 5) is 12.1. The summed E-state index contributed by atoms with van der Waals surface area (Å²) in [5.41, 5.74) is 0.484. The Morgan fingerprint density at radius 2 is 1.86 bits per heavy atom. The van der Waals surface area contributed by atoms with Gasteiger partial charge in [-0.25, -0.2) is 9.18 Å². The number of benzene rings is 2. The number of ether oxygens (including phenoxy) is 1. The fourth-order valence-corrected chi connectivity index (χ4v) is 3.16. The summed E-state index contributed by atoms with van der Waals surface area (Å²) in [6, 6.07) is 10.7. The Labute approximate surface area is 131 Å². The quantitative estimate of drug-likeness (QED) is 0.599. The van der Waals surface area contributed by atoms with Crippen LogP contribution in [0.3, 0.4) is 0 Å². The van der Waals surface area contributed by atoms with E-state index < -0.39 is 16.9 Å². The molecule has 0 spiro atoms. The second-order valence-electron chi connectivity index (χ2n) is 4.94. The number of alkyl halides is 1. The molecular weight excluding hydrogens is 314 g/mol. The van der Waals surface area contributed by atoms with Crippen LogP contribution in [0.25, 0.3) is 0 Å². The van der Waals surface area contributed by atoms with Crippen LogP contribution in [-0.2, 0) is 10.3 Å². The number of hydrogen-bond acceptors (Lipinski definition) is 2. The van der Waals surface area contributed by atoms with Gasteiger partial charge >= 0.3 is 5.97 Å². The zero-order valence-corrected chi connectivity index (χ0v) is 12.6. The maximum absolute atomic E-state index is 13.2. The van der Waals surface area contributed by atoms with Gasteiger partial charge in [-0.05, 0) is 37.3 Å². The van der Waals surface area contributed by atoms with E-state index >= 15 is 0 Å². The summed E-state index contributed by atoms with van der Waals surface area (Å²) in [5, 5.41) is -0.0671. The lowest BCUT2D eigenvalue weighted by Gasteiger charge is -2.32. The third-order valence-electron chi connectivity index (χ3n) is 3.69. The van der Waals surface area contributed by atoms with Crippen LogP contribution < -0.4 is 0 Å². The lowest BCUT2D eigenvalue weighted by molar-refractivity contribution is 0.0106. The number of carbonyl (C=O) groups excluding carboxylic acids is 1. The molecule has 21 heavy (non-hydrogen) atoms. The van der Waals surface area contributed by atoms with Gasteiger partial charge in [-0.15, -0.1) is 11.6 Å². The molecule has 0 radical (unpaired) electrons. The van der Waals surface area contributed by atoms with Crippen molar-refractivity contribution in [2.24, 2.45) is 0 Å². The lowest BCUT2D eigenvalue weighted by Crippen LogP contribution is -2.36. The summed E-state index contributed by atoms with van der Waals surface area (Å²) in [6.07, 6.45) is 0.